The lowest BCUT2D eigenvalue weighted by molar-refractivity contribution is 0.112. The van der Waals surface area contributed by atoms with Crippen LogP contribution in [0.25, 0.3) is 0 Å². The van der Waals surface area contributed by atoms with E-state index in [1.165, 1.54) is 11.8 Å². The summed E-state index contributed by atoms with van der Waals surface area (Å²) < 4.78 is 0. The van der Waals surface area contributed by atoms with Crippen molar-refractivity contribution >= 4 is 18.0 Å². The molecular weight excluding hydrogens is 230 g/mol. The fraction of sp³-hybridized carbons (Fsp3) is 0. The molecule has 0 bridgehead atoms. The molecule has 0 aliphatic carbocycles. The molecule has 82 valence electrons. The second kappa shape index (κ2) is 5.33. The third kappa shape index (κ3) is 2.74. The van der Waals surface area contributed by atoms with Crippen LogP contribution in [-0.4, -0.2) is 6.29 Å². The molecule has 0 aliphatic rings. The number of carbonyl (C=O) groups is 1. The molecule has 0 saturated carbocycles. The monoisotopic (exact) mass is 239 g/mol. The van der Waals surface area contributed by atoms with Crippen LogP contribution in [0.5, 0.6) is 0 Å². The summed E-state index contributed by atoms with van der Waals surface area (Å²) in [5.74, 6) is 0. The van der Waals surface area contributed by atoms with Crippen molar-refractivity contribution in [3.8, 4) is 6.07 Å². The Balaban J connectivity index is 2.34. The molecule has 0 fully saturated rings. The van der Waals surface area contributed by atoms with Gasteiger partial charge < -0.3 is 0 Å². The quantitative estimate of drug-likeness (QED) is 0.769. The van der Waals surface area contributed by atoms with Crippen molar-refractivity contribution in [2.75, 3.05) is 0 Å². The number of nitriles is 1. The Hall–Kier alpha value is -2.05. The molecule has 17 heavy (non-hydrogen) atoms. The van der Waals surface area contributed by atoms with Crippen molar-refractivity contribution in [1.82, 2.24) is 0 Å². The van der Waals surface area contributed by atoms with Gasteiger partial charge in [0.15, 0.2) is 0 Å². The number of benzene rings is 2. The highest BCUT2D eigenvalue weighted by Gasteiger charge is 2.05. The highest BCUT2D eigenvalue weighted by molar-refractivity contribution is 7.99. The first kappa shape index (κ1) is 11.4. The van der Waals surface area contributed by atoms with Crippen LogP contribution in [0.4, 0.5) is 0 Å². The molecule has 0 aromatic heterocycles. The van der Waals surface area contributed by atoms with Crippen LogP contribution in [0.3, 0.4) is 0 Å². The lowest BCUT2D eigenvalue weighted by atomic mass is 10.1. The molecule has 2 rings (SSSR count). The summed E-state index contributed by atoms with van der Waals surface area (Å²) in [5.41, 5.74) is 1.06. The molecule has 0 saturated heterocycles. The van der Waals surface area contributed by atoms with E-state index in [-0.39, 0.29) is 0 Å². The van der Waals surface area contributed by atoms with Crippen molar-refractivity contribution < 1.29 is 4.79 Å². The predicted octanol–water partition coefficient (Wildman–Crippen LogP) is 3.52. The zero-order valence-electron chi connectivity index (χ0n) is 8.96. The van der Waals surface area contributed by atoms with Crippen LogP contribution in [0.1, 0.15) is 15.9 Å². The molecule has 0 unspecified atom stereocenters. The van der Waals surface area contributed by atoms with Crippen LogP contribution in [0, 0.1) is 11.3 Å². The van der Waals surface area contributed by atoms with Crippen molar-refractivity contribution in [1.29, 1.82) is 5.26 Å². The first-order chi connectivity index (χ1) is 8.33. The molecule has 0 spiro atoms. The van der Waals surface area contributed by atoms with Gasteiger partial charge >= 0.3 is 0 Å². The first-order valence-corrected chi connectivity index (χ1v) is 5.87. The van der Waals surface area contributed by atoms with Gasteiger partial charge in [0.05, 0.1) is 5.56 Å². The van der Waals surface area contributed by atoms with Crippen molar-refractivity contribution in [2.24, 2.45) is 0 Å². The average molecular weight is 239 g/mol. The van der Waals surface area contributed by atoms with Crippen LogP contribution < -0.4 is 0 Å². The first-order valence-electron chi connectivity index (χ1n) is 5.05. The summed E-state index contributed by atoms with van der Waals surface area (Å²) in [6, 6.07) is 17.1. The molecule has 0 radical (unpaired) electrons. The van der Waals surface area contributed by atoms with E-state index in [4.69, 9.17) is 5.26 Å². The van der Waals surface area contributed by atoms with Gasteiger partial charge in [-0.1, -0.05) is 36.0 Å². The molecule has 0 amide bonds. The minimum absolute atomic E-state index is 0.527. The Labute approximate surface area is 104 Å². The van der Waals surface area contributed by atoms with E-state index in [9.17, 15) is 4.79 Å². The van der Waals surface area contributed by atoms with Crippen LogP contribution in [0.2, 0.25) is 0 Å². The minimum atomic E-state index is 0.527. The Morgan fingerprint density at radius 2 is 1.88 bits per heavy atom. The lowest BCUT2D eigenvalue weighted by Gasteiger charge is -2.04. The Bertz CT molecular complexity index is 573. The Kier molecular flexibility index (Phi) is 3.59. The van der Waals surface area contributed by atoms with Gasteiger partial charge in [-0.2, -0.15) is 5.26 Å². The van der Waals surface area contributed by atoms with Gasteiger partial charge in [0.2, 0.25) is 0 Å². The van der Waals surface area contributed by atoms with Gasteiger partial charge in [-0.3, -0.25) is 4.79 Å². The number of rotatable bonds is 3. The molecule has 0 aliphatic heterocycles. The smallest absolute Gasteiger partial charge is 0.150 e. The summed E-state index contributed by atoms with van der Waals surface area (Å²) >= 11 is 1.52. The topological polar surface area (TPSA) is 40.9 Å². The maximum atomic E-state index is 10.6. The average Bonchev–Trinajstić information content (AvgIpc) is 2.40. The van der Waals surface area contributed by atoms with Gasteiger partial charge in [0, 0.05) is 15.4 Å². The minimum Gasteiger partial charge on any atom is -0.298 e. The van der Waals surface area contributed by atoms with Gasteiger partial charge in [-0.25, -0.2) is 0 Å². The van der Waals surface area contributed by atoms with E-state index >= 15 is 0 Å². The fourth-order valence-electron chi connectivity index (χ4n) is 1.41. The molecule has 3 heteroatoms. The summed E-state index contributed by atoms with van der Waals surface area (Å²) in [6.45, 7) is 0. The number of hydrogen-bond acceptors (Lipinski definition) is 3. The highest BCUT2D eigenvalue weighted by Crippen LogP contribution is 2.30. The predicted molar refractivity (Wildman–Crippen MR) is 67.1 cm³/mol. The zero-order valence-corrected chi connectivity index (χ0v) is 9.78. The molecular formula is C14H9NOS. The second-order valence-corrected chi connectivity index (χ2v) is 4.52. The highest BCUT2D eigenvalue weighted by atomic mass is 32.2. The van der Waals surface area contributed by atoms with E-state index in [0.29, 0.717) is 11.1 Å². The molecule has 0 heterocycles. The molecule has 2 aromatic carbocycles. The normalized spacial score (nSPS) is 9.59. The van der Waals surface area contributed by atoms with Crippen LogP contribution in [0.15, 0.2) is 58.3 Å². The molecule has 0 atom stereocenters. The van der Waals surface area contributed by atoms with E-state index in [1.54, 1.807) is 18.2 Å². The van der Waals surface area contributed by atoms with Crippen LogP contribution >= 0.6 is 11.8 Å². The summed E-state index contributed by atoms with van der Waals surface area (Å²) in [5, 5.41) is 9.04. The maximum absolute atomic E-state index is 10.6. The van der Waals surface area contributed by atoms with Gasteiger partial charge in [-0.05, 0) is 24.3 Å². The number of hydrogen-bond donors (Lipinski definition) is 0. The summed E-state index contributed by atoms with van der Waals surface area (Å²) in [4.78, 5) is 12.6. The zero-order chi connectivity index (χ0) is 12.1. The maximum Gasteiger partial charge on any atom is 0.150 e. The van der Waals surface area contributed by atoms with E-state index in [0.717, 1.165) is 16.1 Å². The third-order valence-corrected chi connectivity index (χ3v) is 3.31. The van der Waals surface area contributed by atoms with Crippen LogP contribution in [-0.2, 0) is 0 Å². The van der Waals surface area contributed by atoms with Gasteiger partial charge in [0.25, 0.3) is 0 Å². The van der Waals surface area contributed by atoms with Gasteiger partial charge in [-0.15, -0.1) is 0 Å². The SMILES string of the molecule is N#Cc1cc(C=O)ccc1Sc1ccccc1. The van der Waals surface area contributed by atoms with E-state index in [2.05, 4.69) is 6.07 Å². The number of carbonyl (C=O) groups excluding carboxylic acids is 1. The largest absolute Gasteiger partial charge is 0.298 e. The van der Waals surface area contributed by atoms with Crippen molar-refractivity contribution in [2.45, 2.75) is 9.79 Å². The van der Waals surface area contributed by atoms with Crippen molar-refractivity contribution in [3.05, 3.63) is 59.7 Å². The second-order valence-electron chi connectivity index (χ2n) is 3.40. The molecule has 0 N–H and O–H groups in total. The third-order valence-electron chi connectivity index (χ3n) is 2.23. The summed E-state index contributed by atoms with van der Waals surface area (Å²) in [6.07, 6.45) is 0.748. The lowest BCUT2D eigenvalue weighted by Crippen LogP contribution is -1.86. The Morgan fingerprint density at radius 3 is 2.53 bits per heavy atom. The molecule has 2 aromatic rings. The summed E-state index contributed by atoms with van der Waals surface area (Å²) in [7, 11) is 0. The fourth-order valence-corrected chi connectivity index (χ4v) is 2.31. The Morgan fingerprint density at radius 1 is 1.12 bits per heavy atom. The molecule has 2 nitrogen and oxygen atoms in total. The number of nitrogens with zero attached hydrogens (tertiary/aromatic N) is 1. The van der Waals surface area contributed by atoms with E-state index in [1.807, 2.05) is 30.3 Å². The standard InChI is InChI=1S/C14H9NOS/c15-9-12-8-11(10-16)6-7-14(12)17-13-4-2-1-3-5-13/h1-8,10H. The van der Waals surface area contributed by atoms with Crippen molar-refractivity contribution in [3.63, 3.8) is 0 Å². The number of aldehydes is 1. The van der Waals surface area contributed by atoms with Gasteiger partial charge in [0.1, 0.15) is 12.4 Å². The van der Waals surface area contributed by atoms with E-state index < -0.39 is 0 Å².